The molecular weight excluding hydrogens is 424 g/mol. The average molecular weight is 445 g/mol. The monoisotopic (exact) mass is 444 g/mol. The number of nitrogens with zero attached hydrogens (tertiary/aromatic N) is 1. The van der Waals surface area contributed by atoms with Gasteiger partial charge in [0.15, 0.2) is 0 Å². The molecule has 0 aliphatic carbocycles. The number of amides is 1. The SMILES string of the molecule is O=C(NCCc1cn(Cc2ccccc2)c2ccccc12)c1cc2c(Cl)cccc2s1. The lowest BCUT2D eigenvalue weighted by molar-refractivity contribution is 0.0958. The van der Waals surface area contributed by atoms with Crippen LogP contribution in [0.5, 0.6) is 0 Å². The zero-order chi connectivity index (χ0) is 21.2. The number of para-hydroxylation sites is 1. The number of halogens is 1. The molecule has 0 fully saturated rings. The van der Waals surface area contributed by atoms with Crippen LogP contribution in [0.1, 0.15) is 20.8 Å². The number of rotatable bonds is 6. The molecule has 3 nitrogen and oxygen atoms in total. The van der Waals surface area contributed by atoms with E-state index >= 15 is 0 Å². The van der Waals surface area contributed by atoms with Crippen LogP contribution in [-0.4, -0.2) is 17.0 Å². The minimum atomic E-state index is -0.0507. The molecule has 0 aliphatic rings. The molecule has 5 heteroatoms. The van der Waals surface area contributed by atoms with Gasteiger partial charge in [-0.05, 0) is 41.8 Å². The molecule has 0 atom stereocenters. The quantitative estimate of drug-likeness (QED) is 0.317. The predicted molar refractivity (Wildman–Crippen MR) is 130 cm³/mol. The minimum Gasteiger partial charge on any atom is -0.351 e. The van der Waals surface area contributed by atoms with Crippen LogP contribution >= 0.6 is 22.9 Å². The molecule has 2 heterocycles. The number of carbonyl (C=O) groups excluding carboxylic acids is 1. The maximum atomic E-state index is 12.7. The lowest BCUT2D eigenvalue weighted by Gasteiger charge is -2.05. The van der Waals surface area contributed by atoms with E-state index in [4.69, 9.17) is 11.6 Å². The summed E-state index contributed by atoms with van der Waals surface area (Å²) in [5.41, 5.74) is 3.73. The Labute approximate surface area is 189 Å². The summed E-state index contributed by atoms with van der Waals surface area (Å²) in [7, 11) is 0. The topological polar surface area (TPSA) is 34.0 Å². The van der Waals surface area contributed by atoms with Crippen molar-refractivity contribution in [2.24, 2.45) is 0 Å². The molecule has 0 saturated heterocycles. The second kappa shape index (κ2) is 8.58. The molecule has 5 rings (SSSR count). The lowest BCUT2D eigenvalue weighted by Crippen LogP contribution is -2.24. The Bertz CT molecular complexity index is 1370. The Morgan fingerprint density at radius 1 is 0.935 bits per heavy atom. The van der Waals surface area contributed by atoms with Crippen molar-refractivity contribution in [3.8, 4) is 0 Å². The Hall–Kier alpha value is -3.08. The summed E-state index contributed by atoms with van der Waals surface area (Å²) < 4.78 is 3.32. The second-order valence-electron chi connectivity index (χ2n) is 7.55. The standard InChI is InChI=1S/C26H21ClN2OS/c27-22-10-6-12-24-21(22)15-25(31-24)26(30)28-14-13-19-17-29(16-18-7-2-1-3-8-18)23-11-5-4-9-20(19)23/h1-12,15,17H,13-14,16H2,(H,28,30). The van der Waals surface area contributed by atoms with Gasteiger partial charge >= 0.3 is 0 Å². The van der Waals surface area contributed by atoms with Crippen molar-refractivity contribution in [2.45, 2.75) is 13.0 Å². The zero-order valence-corrected chi connectivity index (χ0v) is 18.4. The molecule has 0 aliphatic heterocycles. The summed E-state index contributed by atoms with van der Waals surface area (Å²) in [5.74, 6) is -0.0507. The number of hydrogen-bond donors (Lipinski definition) is 1. The van der Waals surface area contributed by atoms with Gasteiger partial charge in [0.2, 0.25) is 0 Å². The van der Waals surface area contributed by atoms with Gasteiger partial charge in [-0.15, -0.1) is 11.3 Å². The van der Waals surface area contributed by atoms with Crippen LogP contribution in [0.2, 0.25) is 5.02 Å². The van der Waals surface area contributed by atoms with E-state index in [1.165, 1.54) is 33.4 Å². The number of benzene rings is 3. The Morgan fingerprint density at radius 2 is 1.74 bits per heavy atom. The van der Waals surface area contributed by atoms with E-state index in [-0.39, 0.29) is 5.91 Å². The molecule has 3 aromatic carbocycles. The Balaban J connectivity index is 1.31. The molecule has 0 unspecified atom stereocenters. The van der Waals surface area contributed by atoms with E-state index in [9.17, 15) is 4.79 Å². The molecular formula is C26H21ClN2OS. The predicted octanol–water partition coefficient (Wildman–Crippen LogP) is 6.53. The highest BCUT2D eigenvalue weighted by molar-refractivity contribution is 7.20. The molecule has 0 saturated carbocycles. The summed E-state index contributed by atoms with van der Waals surface area (Å²) in [6, 6.07) is 26.5. The maximum absolute atomic E-state index is 12.7. The third kappa shape index (κ3) is 4.09. The smallest absolute Gasteiger partial charge is 0.261 e. The van der Waals surface area contributed by atoms with Gasteiger partial charge < -0.3 is 9.88 Å². The van der Waals surface area contributed by atoms with Gasteiger partial charge in [-0.25, -0.2) is 0 Å². The van der Waals surface area contributed by atoms with Gasteiger partial charge in [0.25, 0.3) is 5.91 Å². The van der Waals surface area contributed by atoms with E-state index < -0.39 is 0 Å². The van der Waals surface area contributed by atoms with Gasteiger partial charge in [-0.3, -0.25) is 4.79 Å². The zero-order valence-electron chi connectivity index (χ0n) is 16.8. The highest BCUT2D eigenvalue weighted by atomic mass is 35.5. The number of nitrogens with one attached hydrogen (secondary N) is 1. The van der Waals surface area contributed by atoms with Crippen LogP contribution in [0, 0.1) is 0 Å². The molecule has 1 N–H and O–H groups in total. The minimum absolute atomic E-state index is 0.0507. The maximum Gasteiger partial charge on any atom is 0.261 e. The Morgan fingerprint density at radius 3 is 2.58 bits per heavy atom. The fourth-order valence-corrected chi connectivity index (χ4v) is 5.26. The molecule has 2 aromatic heterocycles. The van der Waals surface area contributed by atoms with Crippen LogP contribution in [0.15, 0.2) is 85.1 Å². The molecule has 0 bridgehead atoms. The number of aromatic nitrogens is 1. The molecule has 0 spiro atoms. The van der Waals surface area contributed by atoms with Crippen molar-refractivity contribution in [1.29, 1.82) is 0 Å². The van der Waals surface area contributed by atoms with Gasteiger partial charge in [0, 0.05) is 45.3 Å². The third-order valence-corrected chi connectivity index (χ3v) is 6.91. The summed E-state index contributed by atoms with van der Waals surface area (Å²) in [5, 5.41) is 5.92. The van der Waals surface area contributed by atoms with Crippen LogP contribution < -0.4 is 5.32 Å². The van der Waals surface area contributed by atoms with Gasteiger partial charge in [-0.2, -0.15) is 0 Å². The van der Waals surface area contributed by atoms with Crippen molar-refractivity contribution < 1.29 is 4.79 Å². The molecule has 0 radical (unpaired) electrons. The highest BCUT2D eigenvalue weighted by Gasteiger charge is 2.13. The van der Waals surface area contributed by atoms with E-state index in [0.717, 1.165) is 23.1 Å². The highest BCUT2D eigenvalue weighted by Crippen LogP contribution is 2.31. The number of fused-ring (bicyclic) bond motifs is 2. The molecule has 1 amide bonds. The van der Waals surface area contributed by atoms with E-state index in [1.807, 2.05) is 30.3 Å². The van der Waals surface area contributed by atoms with E-state index in [1.54, 1.807) is 0 Å². The number of hydrogen-bond acceptors (Lipinski definition) is 2. The summed E-state index contributed by atoms with van der Waals surface area (Å²) >= 11 is 7.72. The third-order valence-electron chi connectivity index (χ3n) is 5.48. The van der Waals surface area contributed by atoms with Crippen molar-refractivity contribution in [3.05, 3.63) is 106 Å². The van der Waals surface area contributed by atoms with Crippen molar-refractivity contribution in [3.63, 3.8) is 0 Å². The van der Waals surface area contributed by atoms with Crippen molar-refractivity contribution in [2.75, 3.05) is 6.54 Å². The van der Waals surface area contributed by atoms with Gasteiger partial charge in [0.05, 0.1) is 4.88 Å². The second-order valence-corrected chi connectivity index (χ2v) is 9.04. The fraction of sp³-hybridized carbons (Fsp3) is 0.115. The number of thiophene rings is 1. The first kappa shape index (κ1) is 19.9. The summed E-state index contributed by atoms with van der Waals surface area (Å²) in [6.07, 6.45) is 2.99. The Kier molecular flexibility index (Phi) is 5.49. The molecule has 5 aromatic rings. The number of carbonyl (C=O) groups is 1. The van der Waals surface area contributed by atoms with Crippen LogP contribution in [-0.2, 0) is 13.0 Å². The van der Waals surface area contributed by atoms with Crippen LogP contribution in [0.3, 0.4) is 0 Å². The average Bonchev–Trinajstić information content (AvgIpc) is 3.38. The van der Waals surface area contributed by atoms with E-state index in [0.29, 0.717) is 16.4 Å². The summed E-state index contributed by atoms with van der Waals surface area (Å²) in [6.45, 7) is 1.41. The first-order valence-electron chi connectivity index (χ1n) is 10.3. The first-order valence-corrected chi connectivity index (χ1v) is 11.5. The van der Waals surface area contributed by atoms with Crippen molar-refractivity contribution >= 4 is 49.8 Å². The molecule has 154 valence electrons. The summed E-state index contributed by atoms with van der Waals surface area (Å²) in [4.78, 5) is 13.4. The van der Waals surface area contributed by atoms with Crippen molar-refractivity contribution in [1.82, 2.24) is 9.88 Å². The van der Waals surface area contributed by atoms with Crippen LogP contribution in [0.25, 0.3) is 21.0 Å². The van der Waals surface area contributed by atoms with Gasteiger partial charge in [0.1, 0.15) is 0 Å². The largest absolute Gasteiger partial charge is 0.351 e. The first-order chi connectivity index (χ1) is 15.2. The fourth-order valence-electron chi connectivity index (χ4n) is 3.97. The van der Waals surface area contributed by atoms with Crippen LogP contribution in [0.4, 0.5) is 0 Å². The molecule has 31 heavy (non-hydrogen) atoms. The van der Waals surface area contributed by atoms with E-state index in [2.05, 4.69) is 64.6 Å². The normalized spacial score (nSPS) is 11.3. The lowest BCUT2D eigenvalue weighted by atomic mass is 10.1. The van der Waals surface area contributed by atoms with Gasteiger partial charge in [-0.1, -0.05) is 66.2 Å².